The molecule has 3 aromatic carbocycles. The van der Waals surface area contributed by atoms with Crippen LogP contribution in [0.4, 0.5) is 20.1 Å². The lowest BCUT2D eigenvalue weighted by atomic mass is 9.79. The number of likely N-dealkylation sites (tertiary alicyclic amines) is 1. The summed E-state index contributed by atoms with van der Waals surface area (Å²) in [6.45, 7) is 28.3. The van der Waals surface area contributed by atoms with Crippen LogP contribution in [0.3, 0.4) is 0 Å². The molecule has 1 unspecified atom stereocenters. The number of carbonyl (C=O) groups excluding carboxylic acids is 13. The number of unbranched alkanes of at least 4 members (excludes halogenated alkanes) is 1. The molecule has 3 aromatic rings. The predicted octanol–water partition coefficient (Wildman–Crippen LogP) is 7.45. The summed E-state index contributed by atoms with van der Waals surface area (Å²) < 4.78 is 45.3. The number of ether oxygens (including phenoxy) is 8. The Morgan fingerprint density at radius 3 is 1.81 bits per heavy atom. The number of alkyl carbamates (subject to hydrolysis) is 1. The Hall–Kier alpha value is -10.6. The van der Waals surface area contributed by atoms with Crippen LogP contribution in [0.5, 0.6) is 5.75 Å². The largest absolute Gasteiger partial charge is 0.497 e. The number of nitrogens with one attached hydrogen (secondary N) is 10. The Labute approximate surface area is 792 Å². The van der Waals surface area contributed by atoms with Crippen LogP contribution in [-0.2, 0) is 89.3 Å². The third-order valence-electron chi connectivity index (χ3n) is 23.9. The molecule has 1 saturated heterocycles. The molecule has 0 radical (unpaired) electrons. The molecule has 1 aliphatic heterocycles. The Bertz CT molecular complexity index is 4110. The Kier molecular flexibility index (Phi) is 54.3. The van der Waals surface area contributed by atoms with E-state index in [4.69, 9.17) is 43.6 Å². The molecular formula is C97H157N15O22. The van der Waals surface area contributed by atoms with Crippen molar-refractivity contribution in [3.05, 3.63) is 108 Å². The molecule has 1 aliphatic rings. The number of aliphatic hydroxyl groups excluding tert-OH is 1. The average molecular weight is 1890 g/mol. The van der Waals surface area contributed by atoms with Crippen molar-refractivity contribution >= 4 is 83.0 Å². The van der Waals surface area contributed by atoms with Gasteiger partial charge in [-0.05, 0) is 151 Å². The maximum absolute atomic E-state index is 15.5. The van der Waals surface area contributed by atoms with Crippen LogP contribution < -0.4 is 63.6 Å². The number of nitrogens with two attached hydrogens (primary N) is 1. The van der Waals surface area contributed by atoms with Crippen LogP contribution in [0.2, 0.25) is 0 Å². The van der Waals surface area contributed by atoms with Gasteiger partial charge in [0.15, 0.2) is 0 Å². The molecular weight excluding hydrogens is 1730 g/mol. The van der Waals surface area contributed by atoms with E-state index in [0.29, 0.717) is 89.9 Å². The quantitative estimate of drug-likeness (QED) is 0.0193. The number of urea groups is 1. The molecule has 14 atom stereocenters. The molecule has 752 valence electrons. The van der Waals surface area contributed by atoms with E-state index in [1.165, 1.54) is 38.4 Å². The fraction of sp³-hybridized carbons (Fsp3) is 0.660. The zero-order valence-corrected chi connectivity index (χ0v) is 82.4. The van der Waals surface area contributed by atoms with Gasteiger partial charge in [-0.1, -0.05) is 143 Å². The third kappa shape index (κ3) is 40.5. The maximum atomic E-state index is 15.5. The second kappa shape index (κ2) is 62.9. The highest BCUT2D eigenvalue weighted by Crippen LogP contribution is 2.35. The first-order valence-corrected chi connectivity index (χ1v) is 47.2. The average Bonchev–Trinajstić information content (AvgIpc) is 1.80. The maximum Gasteiger partial charge on any atom is 0.410 e. The topological polar surface area (TPSA) is 475 Å². The highest BCUT2D eigenvalue weighted by molar-refractivity contribution is 6.01. The number of anilines is 1. The second-order valence-corrected chi connectivity index (χ2v) is 35.5. The van der Waals surface area contributed by atoms with Gasteiger partial charge >= 0.3 is 18.2 Å². The van der Waals surface area contributed by atoms with Crippen LogP contribution in [0.25, 0.3) is 0 Å². The van der Waals surface area contributed by atoms with E-state index in [1.54, 1.807) is 77.7 Å². The van der Waals surface area contributed by atoms with Crippen LogP contribution in [0, 0.1) is 35.5 Å². The number of methoxy groups -OCH3 is 3. The first-order chi connectivity index (χ1) is 63.9. The van der Waals surface area contributed by atoms with Gasteiger partial charge in [0.25, 0.3) is 5.91 Å². The number of likely N-dealkylation sites (N-methyl/N-ethyl adjacent to an activating group) is 1. The Balaban J connectivity index is 1.47. The number of nitrogens with zero attached hydrogens (tertiary/aromatic N) is 4. The number of aryl methyl sites for hydroxylation is 1. The van der Waals surface area contributed by atoms with Gasteiger partial charge < -0.3 is 117 Å². The van der Waals surface area contributed by atoms with E-state index in [0.717, 1.165) is 29.1 Å². The van der Waals surface area contributed by atoms with Crippen molar-refractivity contribution in [2.24, 2.45) is 41.2 Å². The van der Waals surface area contributed by atoms with Crippen molar-refractivity contribution < 1.29 is 105 Å². The summed E-state index contributed by atoms with van der Waals surface area (Å²) in [6, 6.07) is 12.2. The molecule has 13 N–H and O–H groups in total. The monoisotopic (exact) mass is 1880 g/mol. The highest BCUT2D eigenvalue weighted by Gasteiger charge is 2.45. The van der Waals surface area contributed by atoms with E-state index >= 15 is 4.79 Å². The van der Waals surface area contributed by atoms with Gasteiger partial charge in [0.1, 0.15) is 49.2 Å². The number of carbonyl (C=O) groups is 13. The number of hydrogen-bond acceptors (Lipinski definition) is 23. The normalized spacial score (nSPS) is 15.5. The molecule has 0 aliphatic carbocycles. The summed E-state index contributed by atoms with van der Waals surface area (Å²) in [5, 5.41) is 38.6. The number of rotatable bonds is 65. The van der Waals surface area contributed by atoms with Crippen molar-refractivity contribution in [1.29, 1.82) is 0 Å². The summed E-state index contributed by atoms with van der Waals surface area (Å²) in [5.41, 5.74) is 7.39. The zero-order valence-electron chi connectivity index (χ0n) is 82.4. The molecule has 0 spiro atoms. The van der Waals surface area contributed by atoms with Crippen molar-refractivity contribution in [1.82, 2.24) is 67.5 Å². The fourth-order valence-corrected chi connectivity index (χ4v) is 16.1. The summed E-state index contributed by atoms with van der Waals surface area (Å²) in [4.78, 5) is 188. The van der Waals surface area contributed by atoms with Crippen molar-refractivity contribution in [3.63, 3.8) is 0 Å². The minimum atomic E-state index is -1.42. The molecule has 1 fully saturated rings. The van der Waals surface area contributed by atoms with Gasteiger partial charge in [-0.25, -0.2) is 14.4 Å². The first kappa shape index (κ1) is 116. The van der Waals surface area contributed by atoms with Crippen molar-refractivity contribution in [2.45, 2.75) is 246 Å². The van der Waals surface area contributed by atoms with Gasteiger partial charge in [0.05, 0.1) is 89.5 Å². The smallest absolute Gasteiger partial charge is 0.410 e. The molecule has 14 amide bonds. The molecule has 0 saturated carbocycles. The molecule has 0 bridgehead atoms. The molecule has 37 nitrogen and oxygen atoms in total. The SMILES string of the molecule is C=CCOC(=O)N[C@@H](CCC(=O)NCCOCCOCCOCCNC(=O)CCCc1ccc(OC)cc1)C(=O)N[C@H](C(=O)N[C@@H](CCCNC(N)=O)C(=O)Nc1ccc(COC(=O)N(C)[C@H](C(=O)N[C@H](C(=O)N(CCCC)C(C)[C@H]([C@@H](C)CC)[C@@H](CC(=O)N2CCC[C@H]2[C@H](OC)[C@@H](C)C(=O)N[C@H](C)[C@@H](O)c2ccccc2)OC)C(C)C)C(C)C)c(C(=O)NCCCN(C)C)c1)C(C)C. The lowest BCUT2D eigenvalue weighted by Gasteiger charge is -2.43. The molecule has 0 aromatic heterocycles. The van der Waals surface area contributed by atoms with E-state index in [9.17, 15) is 62.6 Å². The number of amides is 14. The number of hydrogen-bond donors (Lipinski definition) is 12. The van der Waals surface area contributed by atoms with E-state index in [1.807, 2.05) is 96.1 Å². The van der Waals surface area contributed by atoms with Crippen LogP contribution in [-0.4, -0.2) is 297 Å². The molecule has 4 rings (SSSR count). The fourth-order valence-electron chi connectivity index (χ4n) is 16.1. The summed E-state index contributed by atoms with van der Waals surface area (Å²) in [5.74, 6) is -7.25. The summed E-state index contributed by atoms with van der Waals surface area (Å²) >= 11 is 0. The van der Waals surface area contributed by atoms with E-state index < -0.39 is 157 Å². The van der Waals surface area contributed by atoms with E-state index in [-0.39, 0.29) is 131 Å². The van der Waals surface area contributed by atoms with Crippen LogP contribution in [0.15, 0.2) is 85.5 Å². The Morgan fingerprint density at radius 1 is 0.612 bits per heavy atom. The molecule has 37 heteroatoms. The van der Waals surface area contributed by atoms with E-state index in [2.05, 4.69) is 66.7 Å². The standard InChI is InChI=1S/C97H157N15O22/c1-20-23-50-111(68(13)82(65(10)22-3)78(128-18)60-81(115)112-51-29-35-77(112)87(129-19)66(11)88(117)103-67(12)86(116)70-32-25-24-26-33-70)94(123)84(63(6)7)108-93(122)85(64(8)9)110(16)97(126)134-61-71-39-40-72(59-74(71)89(118)101-46-30-49-109(14)15)104-90(119)75(34-28-45-102-95(98)124)105-92(121)83(62(4)5)107-91(120)76(106-96(125)133-52-21-2)43-44-80(114)100-48-54-131-56-58-132-57-55-130-53-47-99-79(113)36-27-31-69-37-41-73(127-17)42-38-69/h21,24-26,32-33,37-42,59,62-68,75-78,82-87,116H,2,20,22-23,27-31,34-36,43-58,60-61H2,1,3-19H3,(H,99,113)(H,100,114)(H,101,118)(H,103,117)(H,104,119)(H,105,121)(H,106,125)(H,107,120)(H,108,122)(H3,98,102,124)/t65-,66+,67+,68?,75-,76-,77-,78+,82-,83-,84-,85-,86+,87+/m0/s1. The second-order valence-electron chi connectivity index (χ2n) is 35.5. The predicted molar refractivity (Wildman–Crippen MR) is 510 cm³/mol. The lowest BCUT2D eigenvalue weighted by molar-refractivity contribution is -0.146. The van der Waals surface area contributed by atoms with Gasteiger partial charge in [-0.2, -0.15) is 0 Å². The third-order valence-corrected chi connectivity index (χ3v) is 23.9. The highest BCUT2D eigenvalue weighted by atomic mass is 16.6. The lowest BCUT2D eigenvalue weighted by Crippen LogP contribution is -2.60. The minimum Gasteiger partial charge on any atom is -0.497 e. The zero-order chi connectivity index (χ0) is 99.5. The van der Waals surface area contributed by atoms with Gasteiger partial charge in [-0.3, -0.25) is 52.8 Å². The minimum absolute atomic E-state index is 0.0161. The van der Waals surface area contributed by atoms with Crippen LogP contribution >= 0.6 is 0 Å². The summed E-state index contributed by atoms with van der Waals surface area (Å²) in [7, 11) is 9.85. The van der Waals surface area contributed by atoms with Crippen molar-refractivity contribution in [2.75, 3.05) is 140 Å². The van der Waals surface area contributed by atoms with Crippen LogP contribution in [0.1, 0.15) is 200 Å². The number of aliphatic hydroxyl groups is 1. The first-order valence-electron chi connectivity index (χ1n) is 47.2. The number of primary amides is 1. The van der Waals surface area contributed by atoms with Gasteiger partial charge in [0, 0.05) is 102 Å². The Morgan fingerprint density at radius 2 is 1.23 bits per heavy atom. The van der Waals surface area contributed by atoms with Crippen molar-refractivity contribution in [3.8, 4) is 5.75 Å². The van der Waals surface area contributed by atoms with Gasteiger partial charge in [0.2, 0.25) is 53.2 Å². The summed E-state index contributed by atoms with van der Waals surface area (Å²) in [6.07, 6.45) is 2.15. The number of benzene rings is 3. The molecule has 134 heavy (non-hydrogen) atoms. The molecule has 1 heterocycles. The van der Waals surface area contributed by atoms with Gasteiger partial charge in [-0.15, -0.1) is 0 Å².